The number of benzene rings is 2. The first-order valence-corrected chi connectivity index (χ1v) is 12.4. The molecule has 1 aliphatic heterocycles. The Hall–Kier alpha value is -3.39. The summed E-state index contributed by atoms with van der Waals surface area (Å²) in [5.74, 6) is -0.499. The van der Waals surface area contributed by atoms with Crippen molar-refractivity contribution in [3.8, 4) is 0 Å². The van der Waals surface area contributed by atoms with Gasteiger partial charge >= 0.3 is 0 Å². The average molecular weight is 517 g/mol. The first-order valence-electron chi connectivity index (χ1n) is 12.0. The zero-order valence-electron chi connectivity index (χ0n) is 21.9. The minimum atomic E-state index is -0.672. The van der Waals surface area contributed by atoms with Crippen molar-refractivity contribution in [1.29, 1.82) is 0 Å². The van der Waals surface area contributed by atoms with E-state index in [0.717, 1.165) is 33.7 Å². The molecule has 0 fully saturated rings. The predicted octanol–water partition coefficient (Wildman–Crippen LogP) is 4.26. The smallest absolute Gasteiger partial charge is 0.255 e. The fourth-order valence-corrected chi connectivity index (χ4v) is 3.83. The molecule has 2 aromatic rings. The van der Waals surface area contributed by atoms with Crippen LogP contribution in [-0.4, -0.2) is 49.5 Å². The summed E-state index contributed by atoms with van der Waals surface area (Å²) in [6, 6.07) is 10.5. The largest absolute Gasteiger partial charge is 0.388 e. The summed E-state index contributed by atoms with van der Waals surface area (Å²) in [7, 11) is 3.38. The maximum Gasteiger partial charge on any atom is 0.255 e. The maximum atomic E-state index is 12.6. The number of anilines is 1. The highest BCUT2D eigenvalue weighted by atomic mass is 35.5. The lowest BCUT2D eigenvalue weighted by Gasteiger charge is -2.25. The third kappa shape index (κ3) is 8.09. The number of rotatable bonds is 9. The van der Waals surface area contributed by atoms with E-state index in [1.165, 1.54) is 11.9 Å². The number of carbonyl (C=O) groups is 4. The van der Waals surface area contributed by atoms with Crippen LogP contribution in [0.5, 0.6) is 0 Å². The van der Waals surface area contributed by atoms with Crippen LogP contribution in [0, 0.1) is 6.92 Å². The molecule has 9 heteroatoms. The molecule has 36 heavy (non-hydrogen) atoms. The van der Waals surface area contributed by atoms with E-state index in [0.29, 0.717) is 24.9 Å². The van der Waals surface area contributed by atoms with E-state index in [2.05, 4.69) is 16.0 Å². The van der Waals surface area contributed by atoms with Crippen LogP contribution in [0.4, 0.5) is 5.69 Å². The Morgan fingerprint density at radius 3 is 2.39 bits per heavy atom. The van der Waals surface area contributed by atoms with E-state index in [1.54, 1.807) is 12.1 Å². The Morgan fingerprint density at radius 2 is 1.83 bits per heavy atom. The van der Waals surface area contributed by atoms with Gasteiger partial charge in [-0.05, 0) is 55.2 Å². The third-order valence-corrected chi connectivity index (χ3v) is 6.13. The van der Waals surface area contributed by atoms with E-state index in [4.69, 9.17) is 11.6 Å². The number of carbonyl (C=O) groups excluding carboxylic acids is 4. The van der Waals surface area contributed by atoms with E-state index in [9.17, 15) is 19.2 Å². The molecule has 0 saturated heterocycles. The highest BCUT2D eigenvalue weighted by molar-refractivity contribution is 6.31. The number of amides is 3. The van der Waals surface area contributed by atoms with Gasteiger partial charge in [0.1, 0.15) is 12.3 Å². The summed E-state index contributed by atoms with van der Waals surface area (Å²) >= 11 is 5.85. The van der Waals surface area contributed by atoms with Crippen LogP contribution in [0.3, 0.4) is 0 Å². The molecule has 2 aromatic carbocycles. The van der Waals surface area contributed by atoms with Gasteiger partial charge in [-0.25, -0.2) is 0 Å². The SMILES string of the molecule is CC.CNC(=O)C(CCC=O)N1Cc2cc(C(C)NC=O)ccc2C1=O.CNc1ccc(C)c(Cl)c1. The zero-order valence-corrected chi connectivity index (χ0v) is 22.6. The topological polar surface area (TPSA) is 108 Å². The minimum absolute atomic E-state index is 0.165. The molecule has 0 saturated carbocycles. The van der Waals surface area contributed by atoms with Gasteiger partial charge in [-0.3, -0.25) is 14.4 Å². The lowest BCUT2D eigenvalue weighted by Crippen LogP contribution is -2.46. The fourth-order valence-electron chi connectivity index (χ4n) is 3.65. The third-order valence-electron chi connectivity index (χ3n) is 5.72. The molecular weight excluding hydrogens is 480 g/mol. The summed E-state index contributed by atoms with van der Waals surface area (Å²) in [5.41, 5.74) is 4.42. The molecule has 0 aliphatic carbocycles. The number of hydrogen-bond acceptors (Lipinski definition) is 5. The standard InChI is InChI=1S/C17H21N3O4.C8H10ClN.C2H6/c1-11(19-10-22)12-5-6-14-13(8-12)9-20(17(14)24)15(4-3-7-21)16(23)18-2;1-6-3-4-7(10-2)5-8(6)9;1-2/h5-8,10-11,15H,3-4,9H2,1-2H3,(H,18,23)(H,19,22);3-5,10H,1-2H3;1-2H3. The number of halogens is 1. The van der Waals surface area contributed by atoms with Gasteiger partial charge in [-0.2, -0.15) is 0 Å². The van der Waals surface area contributed by atoms with Crippen molar-refractivity contribution >= 4 is 41.8 Å². The van der Waals surface area contributed by atoms with Crippen molar-refractivity contribution in [2.45, 2.75) is 59.2 Å². The molecule has 2 unspecified atom stereocenters. The summed E-state index contributed by atoms with van der Waals surface area (Å²) in [6.07, 6.45) is 1.88. The van der Waals surface area contributed by atoms with Crippen LogP contribution < -0.4 is 16.0 Å². The summed E-state index contributed by atoms with van der Waals surface area (Å²) in [4.78, 5) is 47.4. The lowest BCUT2D eigenvalue weighted by molar-refractivity contribution is -0.125. The number of likely N-dealkylation sites (N-methyl/N-ethyl adjacent to an activating group) is 1. The van der Waals surface area contributed by atoms with Gasteiger partial charge in [0.15, 0.2) is 0 Å². The normalized spacial score (nSPS) is 13.1. The van der Waals surface area contributed by atoms with Gasteiger partial charge in [-0.1, -0.05) is 43.6 Å². The van der Waals surface area contributed by atoms with E-state index in [-0.39, 0.29) is 24.3 Å². The van der Waals surface area contributed by atoms with Gasteiger partial charge in [0.2, 0.25) is 12.3 Å². The van der Waals surface area contributed by atoms with Crippen LogP contribution in [0.15, 0.2) is 36.4 Å². The highest BCUT2D eigenvalue weighted by Crippen LogP contribution is 2.28. The Morgan fingerprint density at radius 1 is 1.14 bits per heavy atom. The van der Waals surface area contributed by atoms with Crippen molar-refractivity contribution in [1.82, 2.24) is 15.5 Å². The van der Waals surface area contributed by atoms with E-state index >= 15 is 0 Å². The van der Waals surface area contributed by atoms with Crippen molar-refractivity contribution in [3.05, 3.63) is 63.7 Å². The average Bonchev–Trinajstić information content (AvgIpc) is 3.22. The molecule has 3 amide bonds. The number of nitrogens with zero attached hydrogens (tertiary/aromatic N) is 1. The van der Waals surface area contributed by atoms with Crippen molar-refractivity contribution in [3.63, 3.8) is 0 Å². The second-order valence-corrected chi connectivity index (χ2v) is 8.35. The Labute approximate surface area is 218 Å². The summed E-state index contributed by atoms with van der Waals surface area (Å²) in [5, 5.41) is 9.04. The molecule has 2 atom stereocenters. The van der Waals surface area contributed by atoms with Gasteiger partial charge < -0.3 is 25.6 Å². The lowest BCUT2D eigenvalue weighted by atomic mass is 10.0. The number of aldehydes is 1. The predicted molar refractivity (Wildman–Crippen MR) is 144 cm³/mol. The molecule has 0 bridgehead atoms. The molecule has 0 radical (unpaired) electrons. The first-order chi connectivity index (χ1) is 17.3. The quantitative estimate of drug-likeness (QED) is 0.432. The Kier molecular flexibility index (Phi) is 13.3. The van der Waals surface area contributed by atoms with Gasteiger partial charge in [0, 0.05) is 43.3 Å². The first kappa shape index (κ1) is 30.6. The van der Waals surface area contributed by atoms with Crippen molar-refractivity contribution in [2.24, 2.45) is 0 Å². The van der Waals surface area contributed by atoms with Crippen LogP contribution in [0.25, 0.3) is 0 Å². The molecule has 196 valence electrons. The molecule has 3 N–H and O–H groups in total. The molecular formula is C27H37ClN4O4. The highest BCUT2D eigenvalue weighted by Gasteiger charge is 2.35. The van der Waals surface area contributed by atoms with E-state index in [1.807, 2.05) is 59.0 Å². The molecule has 1 heterocycles. The number of hydrogen-bond donors (Lipinski definition) is 3. The van der Waals surface area contributed by atoms with Crippen LogP contribution in [0.2, 0.25) is 5.02 Å². The van der Waals surface area contributed by atoms with E-state index < -0.39 is 6.04 Å². The fraction of sp³-hybridized carbons (Fsp3) is 0.407. The number of fused-ring (bicyclic) bond motifs is 1. The minimum Gasteiger partial charge on any atom is -0.388 e. The molecule has 3 rings (SSSR count). The second-order valence-electron chi connectivity index (χ2n) is 7.94. The Balaban J connectivity index is 0.000000450. The molecule has 0 spiro atoms. The summed E-state index contributed by atoms with van der Waals surface area (Å²) in [6.45, 7) is 8.15. The van der Waals surface area contributed by atoms with Crippen molar-refractivity contribution in [2.75, 3.05) is 19.4 Å². The maximum absolute atomic E-state index is 12.6. The van der Waals surface area contributed by atoms with Gasteiger partial charge in [-0.15, -0.1) is 0 Å². The second kappa shape index (κ2) is 15.6. The molecule has 0 aromatic heterocycles. The summed E-state index contributed by atoms with van der Waals surface area (Å²) < 4.78 is 0. The number of aryl methyl sites for hydroxylation is 1. The monoisotopic (exact) mass is 516 g/mol. The molecule has 8 nitrogen and oxygen atoms in total. The molecule has 1 aliphatic rings. The Bertz CT molecular complexity index is 1040. The van der Waals surface area contributed by atoms with Crippen LogP contribution in [-0.2, 0) is 20.9 Å². The van der Waals surface area contributed by atoms with Crippen LogP contribution >= 0.6 is 11.6 Å². The van der Waals surface area contributed by atoms with Gasteiger partial charge in [0.25, 0.3) is 5.91 Å². The van der Waals surface area contributed by atoms with Gasteiger partial charge in [0.05, 0.1) is 6.04 Å². The zero-order chi connectivity index (χ0) is 27.3. The van der Waals surface area contributed by atoms with Crippen molar-refractivity contribution < 1.29 is 19.2 Å². The van der Waals surface area contributed by atoms with Crippen LogP contribution in [0.1, 0.15) is 66.7 Å². The number of nitrogens with one attached hydrogen (secondary N) is 3.